The summed E-state index contributed by atoms with van der Waals surface area (Å²) in [6, 6.07) is 11.4. The molecule has 1 amide bonds. The molecule has 0 spiro atoms. The molecule has 5 heteroatoms. The lowest BCUT2D eigenvalue weighted by Crippen LogP contribution is -2.48. The summed E-state index contributed by atoms with van der Waals surface area (Å²) in [5.74, 6) is 2.69. The second-order valence-corrected chi connectivity index (χ2v) is 7.50. The van der Waals surface area contributed by atoms with Crippen molar-refractivity contribution in [2.24, 2.45) is 23.5 Å². The van der Waals surface area contributed by atoms with Gasteiger partial charge in [-0.15, -0.1) is 0 Å². The van der Waals surface area contributed by atoms with Crippen LogP contribution in [-0.2, 0) is 4.79 Å². The fraction of sp³-hybridized carbons (Fsp3) is 0.429. The molecule has 3 N–H and O–H groups in total. The molecule has 1 aromatic heterocycles. The highest BCUT2D eigenvalue weighted by Crippen LogP contribution is 2.42. The molecule has 0 saturated heterocycles. The van der Waals surface area contributed by atoms with Crippen LogP contribution in [0.5, 0.6) is 11.5 Å². The third-order valence-corrected chi connectivity index (χ3v) is 5.79. The molecule has 2 aliphatic carbocycles. The van der Waals surface area contributed by atoms with Crippen molar-refractivity contribution in [2.75, 3.05) is 5.32 Å². The first-order valence-electron chi connectivity index (χ1n) is 9.43. The summed E-state index contributed by atoms with van der Waals surface area (Å²) in [7, 11) is 0. The molecule has 4 rings (SSSR count). The topological polar surface area (TPSA) is 77.2 Å². The van der Waals surface area contributed by atoms with Crippen molar-refractivity contribution in [1.29, 1.82) is 0 Å². The predicted octanol–water partition coefficient (Wildman–Crippen LogP) is 3.97. The zero-order valence-corrected chi connectivity index (χ0v) is 14.8. The smallest absolute Gasteiger partial charge is 0.227 e. The largest absolute Gasteiger partial charge is 0.457 e. The quantitative estimate of drug-likeness (QED) is 0.874. The second kappa shape index (κ2) is 7.46. The molecule has 26 heavy (non-hydrogen) atoms. The zero-order chi connectivity index (χ0) is 17.9. The maximum atomic E-state index is 12.7. The minimum absolute atomic E-state index is 0.0813. The molecular formula is C21H25N3O2. The second-order valence-electron chi connectivity index (χ2n) is 7.50. The molecule has 2 saturated carbocycles. The molecule has 0 aliphatic heterocycles. The lowest BCUT2D eigenvalue weighted by atomic mass is 9.65. The van der Waals surface area contributed by atoms with E-state index in [1.165, 1.54) is 19.3 Å². The summed E-state index contributed by atoms with van der Waals surface area (Å²) >= 11 is 0. The lowest BCUT2D eigenvalue weighted by Gasteiger charge is -2.43. The van der Waals surface area contributed by atoms with Gasteiger partial charge in [0.25, 0.3) is 0 Å². The number of carbonyl (C=O) groups excluding carboxylic acids is 1. The van der Waals surface area contributed by atoms with Gasteiger partial charge in [0.1, 0.15) is 11.5 Å². The Hall–Kier alpha value is -2.40. The van der Waals surface area contributed by atoms with Crippen LogP contribution in [0.25, 0.3) is 0 Å². The summed E-state index contributed by atoms with van der Waals surface area (Å²) in [5, 5.41) is 3.06. The van der Waals surface area contributed by atoms with Crippen molar-refractivity contribution < 1.29 is 9.53 Å². The Morgan fingerprint density at radius 2 is 1.62 bits per heavy atom. The molecule has 2 unspecified atom stereocenters. The highest BCUT2D eigenvalue weighted by atomic mass is 16.5. The number of hydrogen-bond donors (Lipinski definition) is 2. The normalized spacial score (nSPS) is 27.6. The van der Waals surface area contributed by atoms with Crippen molar-refractivity contribution in [3.8, 4) is 11.5 Å². The molecule has 5 nitrogen and oxygen atoms in total. The number of hydrogen-bond acceptors (Lipinski definition) is 4. The van der Waals surface area contributed by atoms with Gasteiger partial charge in [-0.25, -0.2) is 0 Å². The van der Waals surface area contributed by atoms with Crippen molar-refractivity contribution >= 4 is 11.6 Å². The first-order valence-corrected chi connectivity index (χ1v) is 9.43. The number of nitrogens with one attached hydrogen (secondary N) is 1. The van der Waals surface area contributed by atoms with Crippen LogP contribution in [0.2, 0.25) is 0 Å². The first kappa shape index (κ1) is 17.0. The van der Waals surface area contributed by atoms with E-state index < -0.39 is 0 Å². The SMILES string of the molecule is NC1C2CCCC1CC(C(=O)Nc1ccc(Oc3ccncc3)cc1)C2. The van der Waals surface area contributed by atoms with Crippen LogP contribution in [0.1, 0.15) is 32.1 Å². The standard InChI is InChI=1S/C21H25N3O2/c22-20-14-2-1-3-15(20)13-16(12-14)21(25)24-17-4-6-18(7-5-17)26-19-8-10-23-11-9-19/h4-11,14-16,20H,1-3,12-13,22H2,(H,24,25). The number of aromatic nitrogens is 1. The number of nitrogens with zero attached hydrogens (tertiary/aromatic N) is 1. The molecule has 2 fully saturated rings. The van der Waals surface area contributed by atoms with Crippen LogP contribution in [0, 0.1) is 17.8 Å². The van der Waals surface area contributed by atoms with Crippen LogP contribution in [-0.4, -0.2) is 16.9 Å². The molecule has 2 bridgehead atoms. The summed E-state index contributed by atoms with van der Waals surface area (Å²) in [6.07, 6.45) is 8.82. The predicted molar refractivity (Wildman–Crippen MR) is 101 cm³/mol. The fourth-order valence-corrected chi connectivity index (χ4v) is 4.40. The van der Waals surface area contributed by atoms with Crippen molar-refractivity contribution in [2.45, 2.75) is 38.1 Å². The average molecular weight is 351 g/mol. The Labute approximate surface area is 154 Å². The van der Waals surface area contributed by atoms with Crippen LogP contribution < -0.4 is 15.8 Å². The van der Waals surface area contributed by atoms with E-state index in [1.54, 1.807) is 24.5 Å². The summed E-state index contributed by atoms with van der Waals surface area (Å²) in [5.41, 5.74) is 7.13. The van der Waals surface area contributed by atoms with Crippen molar-refractivity contribution in [3.63, 3.8) is 0 Å². The van der Waals surface area contributed by atoms with Gasteiger partial charge in [0, 0.05) is 30.0 Å². The summed E-state index contributed by atoms with van der Waals surface area (Å²) in [6.45, 7) is 0. The van der Waals surface area contributed by atoms with E-state index in [0.29, 0.717) is 11.8 Å². The third-order valence-electron chi connectivity index (χ3n) is 5.79. The van der Waals surface area contributed by atoms with Gasteiger partial charge < -0.3 is 15.8 Å². The number of benzene rings is 1. The van der Waals surface area contributed by atoms with Crippen molar-refractivity contribution in [3.05, 3.63) is 48.8 Å². The van der Waals surface area contributed by atoms with E-state index in [0.717, 1.165) is 30.0 Å². The molecule has 136 valence electrons. The van der Waals surface area contributed by atoms with Gasteiger partial charge >= 0.3 is 0 Å². The Bertz CT molecular complexity index is 734. The number of amides is 1. The number of carbonyl (C=O) groups is 1. The molecule has 2 atom stereocenters. The van der Waals surface area contributed by atoms with E-state index in [2.05, 4.69) is 10.3 Å². The molecule has 0 radical (unpaired) electrons. The van der Waals surface area contributed by atoms with Gasteiger partial charge in [-0.3, -0.25) is 9.78 Å². The van der Waals surface area contributed by atoms with Gasteiger partial charge in [0.05, 0.1) is 0 Å². The molecule has 2 aromatic rings. The van der Waals surface area contributed by atoms with Crippen LogP contribution >= 0.6 is 0 Å². The highest BCUT2D eigenvalue weighted by Gasteiger charge is 2.40. The molecule has 1 heterocycles. The Balaban J connectivity index is 1.36. The number of fused-ring (bicyclic) bond motifs is 2. The van der Waals surface area contributed by atoms with Crippen LogP contribution in [0.3, 0.4) is 0 Å². The third kappa shape index (κ3) is 3.73. The maximum absolute atomic E-state index is 12.7. The Morgan fingerprint density at radius 3 is 2.27 bits per heavy atom. The zero-order valence-electron chi connectivity index (χ0n) is 14.8. The summed E-state index contributed by atoms with van der Waals surface area (Å²) < 4.78 is 5.75. The van der Waals surface area contributed by atoms with E-state index in [4.69, 9.17) is 10.5 Å². The van der Waals surface area contributed by atoms with Gasteiger partial charge in [-0.2, -0.15) is 0 Å². The fourth-order valence-electron chi connectivity index (χ4n) is 4.40. The first-order chi connectivity index (χ1) is 12.7. The Morgan fingerprint density at radius 1 is 1.00 bits per heavy atom. The van der Waals surface area contributed by atoms with E-state index >= 15 is 0 Å². The van der Waals surface area contributed by atoms with Gasteiger partial charge in [-0.1, -0.05) is 6.42 Å². The number of rotatable bonds is 4. The van der Waals surface area contributed by atoms with E-state index in [-0.39, 0.29) is 17.9 Å². The van der Waals surface area contributed by atoms with Gasteiger partial charge in [-0.05, 0) is 73.9 Å². The average Bonchev–Trinajstić information content (AvgIpc) is 2.64. The summed E-state index contributed by atoms with van der Waals surface area (Å²) in [4.78, 5) is 16.7. The number of anilines is 1. The monoisotopic (exact) mass is 351 g/mol. The van der Waals surface area contributed by atoms with Crippen molar-refractivity contribution in [1.82, 2.24) is 4.98 Å². The van der Waals surface area contributed by atoms with Crippen LogP contribution in [0.4, 0.5) is 5.69 Å². The number of nitrogens with two attached hydrogens (primary N) is 1. The number of pyridine rings is 1. The van der Waals surface area contributed by atoms with E-state index in [1.807, 2.05) is 24.3 Å². The molecule has 2 aliphatic rings. The highest BCUT2D eigenvalue weighted by molar-refractivity contribution is 5.92. The number of ether oxygens (including phenoxy) is 1. The van der Waals surface area contributed by atoms with Crippen LogP contribution in [0.15, 0.2) is 48.8 Å². The maximum Gasteiger partial charge on any atom is 0.227 e. The molecule has 1 aromatic carbocycles. The van der Waals surface area contributed by atoms with Gasteiger partial charge in [0.2, 0.25) is 5.91 Å². The minimum Gasteiger partial charge on any atom is -0.457 e. The Kier molecular flexibility index (Phi) is 4.89. The minimum atomic E-state index is 0.0813. The lowest BCUT2D eigenvalue weighted by molar-refractivity contribution is -0.122. The molecular weight excluding hydrogens is 326 g/mol. The van der Waals surface area contributed by atoms with E-state index in [9.17, 15) is 4.79 Å². The van der Waals surface area contributed by atoms with Gasteiger partial charge in [0.15, 0.2) is 0 Å².